The van der Waals surface area contributed by atoms with Crippen LogP contribution in [0.15, 0.2) is 91.1 Å². The zero-order valence-corrected chi connectivity index (χ0v) is 20.3. The van der Waals surface area contributed by atoms with Gasteiger partial charge in [0.15, 0.2) is 0 Å². The summed E-state index contributed by atoms with van der Waals surface area (Å²) in [5, 5.41) is 0. The molecule has 1 unspecified atom stereocenters. The molecule has 2 atom stereocenters. The zero-order valence-electron chi connectivity index (χ0n) is 20.3. The predicted molar refractivity (Wildman–Crippen MR) is 139 cm³/mol. The van der Waals surface area contributed by atoms with Gasteiger partial charge in [-0.05, 0) is 41.2 Å². The van der Waals surface area contributed by atoms with E-state index < -0.39 is 5.41 Å². The summed E-state index contributed by atoms with van der Waals surface area (Å²) in [6.07, 6.45) is 5.65. The summed E-state index contributed by atoms with van der Waals surface area (Å²) in [7, 11) is 0. The second-order valence-corrected chi connectivity index (χ2v) is 10.2. The molecule has 174 valence electrons. The first-order chi connectivity index (χ1) is 16.3. The number of hydrogen-bond acceptors (Lipinski definition) is 2. The van der Waals surface area contributed by atoms with Crippen molar-refractivity contribution in [3.05, 3.63) is 102 Å². The molecule has 0 saturated carbocycles. The van der Waals surface area contributed by atoms with Gasteiger partial charge in [0, 0.05) is 30.0 Å². The SMILES string of the molecule is CC(C)(C)C(=O)CC1C[C@@H](Cc2ccc(-c3ccccc3)cc2)N(/C=C/c2ccccc2)C1=O. The Labute approximate surface area is 203 Å². The number of nitrogens with zero attached hydrogens (tertiary/aromatic N) is 1. The van der Waals surface area contributed by atoms with Crippen molar-refractivity contribution in [1.82, 2.24) is 4.90 Å². The number of carbonyl (C=O) groups excluding carboxylic acids is 2. The average Bonchev–Trinajstić information content (AvgIpc) is 3.12. The second-order valence-electron chi connectivity index (χ2n) is 10.2. The van der Waals surface area contributed by atoms with E-state index in [0.717, 1.165) is 12.0 Å². The van der Waals surface area contributed by atoms with E-state index in [4.69, 9.17) is 0 Å². The van der Waals surface area contributed by atoms with Gasteiger partial charge in [-0.15, -0.1) is 0 Å². The molecule has 0 spiro atoms. The van der Waals surface area contributed by atoms with Crippen molar-refractivity contribution in [2.75, 3.05) is 0 Å². The third-order valence-corrected chi connectivity index (χ3v) is 6.58. The van der Waals surface area contributed by atoms with Gasteiger partial charge in [-0.3, -0.25) is 9.59 Å². The van der Waals surface area contributed by atoms with Crippen LogP contribution in [0.5, 0.6) is 0 Å². The fourth-order valence-corrected chi connectivity index (χ4v) is 4.48. The van der Waals surface area contributed by atoms with Gasteiger partial charge in [0.1, 0.15) is 5.78 Å². The van der Waals surface area contributed by atoms with E-state index in [-0.39, 0.29) is 23.7 Å². The Morgan fingerprint density at radius 2 is 1.47 bits per heavy atom. The molecule has 1 heterocycles. The second kappa shape index (κ2) is 10.2. The number of amides is 1. The fraction of sp³-hybridized carbons (Fsp3) is 0.290. The Morgan fingerprint density at radius 3 is 2.09 bits per heavy atom. The molecule has 0 bridgehead atoms. The topological polar surface area (TPSA) is 37.4 Å². The van der Waals surface area contributed by atoms with Crippen LogP contribution in [0.3, 0.4) is 0 Å². The molecule has 0 aromatic heterocycles. The molecule has 34 heavy (non-hydrogen) atoms. The molecule has 4 rings (SSSR count). The highest BCUT2D eigenvalue weighted by Gasteiger charge is 2.40. The molecular weight excluding hydrogens is 418 g/mol. The summed E-state index contributed by atoms with van der Waals surface area (Å²) in [6.45, 7) is 5.77. The van der Waals surface area contributed by atoms with Crippen molar-refractivity contribution >= 4 is 17.8 Å². The standard InChI is InChI=1S/C31H33NO2/c1-31(2,3)29(33)22-27-21-28(32(30(27)34)19-18-23-10-6-4-7-11-23)20-24-14-16-26(17-15-24)25-12-8-5-9-13-25/h4-19,27-28H,20-22H2,1-3H3/b19-18+/t27?,28-/m1/s1. The normalized spacial score (nSPS) is 18.6. The molecule has 3 aromatic rings. The van der Waals surface area contributed by atoms with E-state index in [2.05, 4.69) is 36.4 Å². The molecule has 0 aliphatic carbocycles. The summed E-state index contributed by atoms with van der Waals surface area (Å²) in [4.78, 5) is 27.9. The zero-order chi connectivity index (χ0) is 24.1. The highest BCUT2D eigenvalue weighted by molar-refractivity contribution is 5.91. The summed E-state index contributed by atoms with van der Waals surface area (Å²) >= 11 is 0. The lowest BCUT2D eigenvalue weighted by Crippen LogP contribution is -2.31. The van der Waals surface area contributed by atoms with Crippen LogP contribution in [-0.2, 0) is 16.0 Å². The first-order valence-electron chi connectivity index (χ1n) is 12.0. The molecule has 1 aliphatic rings. The molecule has 1 aliphatic heterocycles. The Balaban J connectivity index is 1.54. The molecule has 0 radical (unpaired) electrons. The van der Waals surface area contributed by atoms with Crippen LogP contribution >= 0.6 is 0 Å². The first kappa shape index (κ1) is 23.7. The van der Waals surface area contributed by atoms with Gasteiger partial charge in [0.2, 0.25) is 5.91 Å². The van der Waals surface area contributed by atoms with Crippen molar-refractivity contribution in [3.63, 3.8) is 0 Å². The van der Waals surface area contributed by atoms with Gasteiger partial charge in [-0.2, -0.15) is 0 Å². The largest absolute Gasteiger partial charge is 0.315 e. The number of rotatable bonds is 7. The number of ketones is 1. The number of likely N-dealkylation sites (tertiary alicyclic amines) is 1. The molecule has 0 N–H and O–H groups in total. The van der Waals surface area contributed by atoms with E-state index >= 15 is 0 Å². The van der Waals surface area contributed by atoms with Crippen LogP contribution in [0.4, 0.5) is 0 Å². The maximum Gasteiger partial charge on any atom is 0.230 e. The number of carbonyl (C=O) groups is 2. The maximum atomic E-state index is 13.4. The molecule has 1 saturated heterocycles. The predicted octanol–water partition coefficient (Wildman–Crippen LogP) is 6.79. The lowest BCUT2D eigenvalue weighted by Gasteiger charge is -2.21. The summed E-state index contributed by atoms with van der Waals surface area (Å²) in [5.41, 5.74) is 4.18. The third-order valence-electron chi connectivity index (χ3n) is 6.58. The average molecular weight is 452 g/mol. The third kappa shape index (κ3) is 5.72. The number of hydrogen-bond donors (Lipinski definition) is 0. The minimum Gasteiger partial charge on any atom is -0.315 e. The van der Waals surface area contributed by atoms with Crippen LogP contribution in [0.2, 0.25) is 0 Å². The van der Waals surface area contributed by atoms with Gasteiger partial charge in [0.05, 0.1) is 0 Å². The summed E-state index contributed by atoms with van der Waals surface area (Å²) < 4.78 is 0. The van der Waals surface area contributed by atoms with E-state index in [1.165, 1.54) is 16.7 Å². The lowest BCUT2D eigenvalue weighted by atomic mass is 9.84. The van der Waals surface area contributed by atoms with Crippen LogP contribution in [-0.4, -0.2) is 22.6 Å². The van der Waals surface area contributed by atoms with E-state index in [0.29, 0.717) is 12.8 Å². The first-order valence-corrected chi connectivity index (χ1v) is 12.0. The Hall–Kier alpha value is -3.46. The van der Waals surface area contributed by atoms with Gasteiger partial charge >= 0.3 is 0 Å². The van der Waals surface area contributed by atoms with Crippen molar-refractivity contribution in [3.8, 4) is 11.1 Å². The molecule has 3 heteroatoms. The van der Waals surface area contributed by atoms with E-state index in [9.17, 15) is 9.59 Å². The minimum atomic E-state index is -0.434. The van der Waals surface area contributed by atoms with Gasteiger partial charge in [-0.25, -0.2) is 0 Å². The molecule has 3 aromatic carbocycles. The number of benzene rings is 3. The van der Waals surface area contributed by atoms with Crippen molar-refractivity contribution in [2.45, 2.75) is 46.1 Å². The quantitative estimate of drug-likeness (QED) is 0.397. The van der Waals surface area contributed by atoms with Crippen LogP contribution in [0.1, 0.15) is 44.7 Å². The van der Waals surface area contributed by atoms with Crippen molar-refractivity contribution in [1.29, 1.82) is 0 Å². The molecular formula is C31H33NO2. The Morgan fingerprint density at radius 1 is 0.882 bits per heavy atom. The highest BCUT2D eigenvalue weighted by Crippen LogP contribution is 2.33. The van der Waals surface area contributed by atoms with E-state index in [1.54, 1.807) is 0 Å². The lowest BCUT2D eigenvalue weighted by molar-refractivity contribution is -0.134. The molecule has 1 amide bonds. The van der Waals surface area contributed by atoms with Gasteiger partial charge in [-0.1, -0.05) is 106 Å². The highest BCUT2D eigenvalue weighted by atomic mass is 16.2. The van der Waals surface area contributed by atoms with Gasteiger partial charge < -0.3 is 4.90 Å². The Kier molecular flexibility index (Phi) is 7.12. The Bertz CT molecular complexity index is 1140. The summed E-state index contributed by atoms with van der Waals surface area (Å²) in [5.74, 6) is -0.0675. The summed E-state index contributed by atoms with van der Waals surface area (Å²) in [6, 6.07) is 29.0. The monoisotopic (exact) mass is 451 g/mol. The van der Waals surface area contributed by atoms with Crippen LogP contribution < -0.4 is 0 Å². The smallest absolute Gasteiger partial charge is 0.230 e. The molecule has 3 nitrogen and oxygen atoms in total. The van der Waals surface area contributed by atoms with Gasteiger partial charge in [0.25, 0.3) is 0 Å². The van der Waals surface area contributed by atoms with Crippen LogP contribution in [0.25, 0.3) is 17.2 Å². The molecule has 1 fully saturated rings. The minimum absolute atomic E-state index is 0.0350. The van der Waals surface area contributed by atoms with E-state index in [1.807, 2.05) is 86.5 Å². The van der Waals surface area contributed by atoms with Crippen molar-refractivity contribution < 1.29 is 9.59 Å². The number of Topliss-reactive ketones (excluding diaryl/α,β-unsaturated/α-hetero) is 1. The van der Waals surface area contributed by atoms with Crippen molar-refractivity contribution in [2.24, 2.45) is 11.3 Å². The van der Waals surface area contributed by atoms with Crippen LogP contribution in [0, 0.1) is 11.3 Å². The maximum absolute atomic E-state index is 13.4. The fourth-order valence-electron chi connectivity index (χ4n) is 4.48.